The molecule has 86 valence electrons. The Labute approximate surface area is 104 Å². The van der Waals surface area contributed by atoms with E-state index in [9.17, 15) is 4.39 Å². The summed E-state index contributed by atoms with van der Waals surface area (Å²) < 4.78 is 19.0. The summed E-state index contributed by atoms with van der Waals surface area (Å²) in [6, 6.07) is 10.9. The third kappa shape index (κ3) is 1.89. The highest BCUT2D eigenvalue weighted by molar-refractivity contribution is 6.30. The average molecular weight is 249 g/mol. The van der Waals surface area contributed by atoms with Gasteiger partial charge in [0.2, 0.25) is 0 Å². The first-order chi connectivity index (χ1) is 8.24. The predicted molar refractivity (Wildman–Crippen MR) is 66.0 cm³/mol. The lowest BCUT2D eigenvalue weighted by atomic mass is 10.0. The van der Waals surface area contributed by atoms with Crippen LogP contribution in [-0.2, 0) is 6.42 Å². The van der Waals surface area contributed by atoms with Crippen LogP contribution in [-0.4, -0.2) is 6.61 Å². The van der Waals surface area contributed by atoms with Crippen molar-refractivity contribution in [3.8, 4) is 16.9 Å². The molecule has 2 aromatic carbocycles. The molecule has 0 unspecified atom stereocenters. The second-order valence-electron chi connectivity index (χ2n) is 4.06. The molecular formula is C14H10ClFO. The van der Waals surface area contributed by atoms with Gasteiger partial charge in [0.05, 0.1) is 6.61 Å². The van der Waals surface area contributed by atoms with Crippen molar-refractivity contribution < 1.29 is 9.13 Å². The molecular weight excluding hydrogens is 239 g/mol. The Balaban J connectivity index is 2.13. The molecule has 17 heavy (non-hydrogen) atoms. The van der Waals surface area contributed by atoms with Gasteiger partial charge in [0.1, 0.15) is 0 Å². The molecule has 0 fully saturated rings. The molecule has 0 aromatic heterocycles. The van der Waals surface area contributed by atoms with E-state index in [0.717, 1.165) is 23.1 Å². The Hall–Kier alpha value is -1.54. The summed E-state index contributed by atoms with van der Waals surface area (Å²) in [5.41, 5.74) is 2.69. The summed E-state index contributed by atoms with van der Waals surface area (Å²) in [4.78, 5) is 0. The minimum Gasteiger partial charge on any atom is -0.490 e. The highest BCUT2D eigenvalue weighted by Crippen LogP contribution is 2.34. The Morgan fingerprint density at radius 2 is 2.00 bits per heavy atom. The zero-order valence-electron chi connectivity index (χ0n) is 9.04. The van der Waals surface area contributed by atoms with Crippen LogP contribution in [0.25, 0.3) is 11.1 Å². The summed E-state index contributed by atoms with van der Waals surface area (Å²) in [5.74, 6) is 0.103. The van der Waals surface area contributed by atoms with E-state index in [2.05, 4.69) is 0 Å². The highest BCUT2D eigenvalue weighted by atomic mass is 35.5. The highest BCUT2D eigenvalue weighted by Gasteiger charge is 2.18. The summed E-state index contributed by atoms with van der Waals surface area (Å²) in [7, 11) is 0. The minimum absolute atomic E-state index is 0.296. The molecule has 0 spiro atoms. The number of halogens is 2. The van der Waals surface area contributed by atoms with Gasteiger partial charge in [-0.15, -0.1) is 0 Å². The smallest absolute Gasteiger partial charge is 0.165 e. The van der Waals surface area contributed by atoms with Crippen molar-refractivity contribution in [2.75, 3.05) is 6.61 Å². The second kappa shape index (κ2) is 4.04. The van der Waals surface area contributed by atoms with Crippen LogP contribution in [0.4, 0.5) is 4.39 Å². The van der Waals surface area contributed by atoms with Crippen molar-refractivity contribution in [3.63, 3.8) is 0 Å². The lowest BCUT2D eigenvalue weighted by molar-refractivity contribution is 0.339. The van der Waals surface area contributed by atoms with Gasteiger partial charge in [0, 0.05) is 17.0 Å². The molecule has 0 saturated carbocycles. The number of fused-ring (bicyclic) bond motifs is 1. The summed E-state index contributed by atoms with van der Waals surface area (Å²) >= 11 is 5.93. The van der Waals surface area contributed by atoms with Gasteiger partial charge in [-0.1, -0.05) is 23.7 Å². The van der Waals surface area contributed by atoms with Gasteiger partial charge in [-0.2, -0.15) is 0 Å². The van der Waals surface area contributed by atoms with Crippen molar-refractivity contribution in [2.24, 2.45) is 0 Å². The molecule has 1 nitrogen and oxygen atoms in total. The lowest BCUT2D eigenvalue weighted by Crippen LogP contribution is -1.89. The first-order valence-electron chi connectivity index (χ1n) is 5.45. The standard InChI is InChI=1S/C14H10ClFO/c15-12-3-1-2-9(7-12)11-6-10-4-5-17-14(10)13(16)8-11/h1-3,6-8H,4-5H2. The van der Waals surface area contributed by atoms with Crippen LogP contribution in [0.15, 0.2) is 36.4 Å². The van der Waals surface area contributed by atoms with Crippen molar-refractivity contribution in [3.05, 3.63) is 52.8 Å². The average Bonchev–Trinajstić information content (AvgIpc) is 2.77. The topological polar surface area (TPSA) is 9.23 Å². The monoisotopic (exact) mass is 248 g/mol. The van der Waals surface area contributed by atoms with Crippen LogP contribution in [0.2, 0.25) is 5.02 Å². The predicted octanol–water partition coefficient (Wildman–Crippen LogP) is 4.08. The Kier molecular flexibility index (Phi) is 2.52. The summed E-state index contributed by atoms with van der Waals surface area (Å²) in [6.45, 7) is 0.561. The minimum atomic E-state index is -0.296. The Morgan fingerprint density at radius 3 is 2.82 bits per heavy atom. The fourth-order valence-electron chi connectivity index (χ4n) is 2.10. The third-order valence-electron chi connectivity index (χ3n) is 2.90. The fourth-order valence-corrected chi connectivity index (χ4v) is 2.29. The van der Waals surface area contributed by atoms with E-state index in [-0.39, 0.29) is 5.82 Å². The molecule has 0 amide bonds. The Morgan fingerprint density at radius 1 is 1.12 bits per heavy atom. The summed E-state index contributed by atoms with van der Waals surface area (Å²) in [6.07, 6.45) is 0.765. The normalized spacial score (nSPS) is 13.3. The van der Waals surface area contributed by atoms with E-state index >= 15 is 0 Å². The molecule has 0 atom stereocenters. The van der Waals surface area contributed by atoms with Crippen molar-refractivity contribution in [2.45, 2.75) is 6.42 Å². The zero-order valence-corrected chi connectivity index (χ0v) is 9.80. The second-order valence-corrected chi connectivity index (χ2v) is 4.49. The van der Waals surface area contributed by atoms with E-state index in [1.165, 1.54) is 6.07 Å². The first-order valence-corrected chi connectivity index (χ1v) is 5.83. The van der Waals surface area contributed by atoms with Gasteiger partial charge >= 0.3 is 0 Å². The largest absolute Gasteiger partial charge is 0.490 e. The van der Waals surface area contributed by atoms with Crippen molar-refractivity contribution >= 4 is 11.6 Å². The number of hydrogen-bond acceptors (Lipinski definition) is 1. The number of rotatable bonds is 1. The van der Waals surface area contributed by atoms with E-state index in [0.29, 0.717) is 17.4 Å². The maximum absolute atomic E-state index is 13.8. The van der Waals surface area contributed by atoms with E-state index in [1.54, 1.807) is 6.07 Å². The van der Waals surface area contributed by atoms with Crippen LogP contribution in [0.5, 0.6) is 5.75 Å². The molecule has 0 N–H and O–H groups in total. The first kappa shape index (κ1) is 10.6. The van der Waals surface area contributed by atoms with Gasteiger partial charge < -0.3 is 4.74 Å². The Bertz CT molecular complexity index is 580. The van der Waals surface area contributed by atoms with Crippen LogP contribution in [0.1, 0.15) is 5.56 Å². The molecule has 0 bridgehead atoms. The van der Waals surface area contributed by atoms with Crippen LogP contribution >= 0.6 is 11.6 Å². The van der Waals surface area contributed by atoms with Crippen LogP contribution in [0.3, 0.4) is 0 Å². The molecule has 3 rings (SSSR count). The van der Waals surface area contributed by atoms with Gasteiger partial charge in [-0.3, -0.25) is 0 Å². The maximum Gasteiger partial charge on any atom is 0.165 e. The quantitative estimate of drug-likeness (QED) is 0.739. The molecule has 1 aliphatic rings. The third-order valence-corrected chi connectivity index (χ3v) is 3.13. The molecule has 1 aliphatic heterocycles. The van der Waals surface area contributed by atoms with Gasteiger partial charge in [-0.05, 0) is 35.4 Å². The lowest BCUT2D eigenvalue weighted by Gasteiger charge is -2.06. The maximum atomic E-state index is 13.8. The van der Waals surface area contributed by atoms with Crippen molar-refractivity contribution in [1.82, 2.24) is 0 Å². The zero-order chi connectivity index (χ0) is 11.8. The van der Waals surface area contributed by atoms with E-state index in [4.69, 9.17) is 16.3 Å². The van der Waals surface area contributed by atoms with Crippen LogP contribution in [0, 0.1) is 5.82 Å². The number of ether oxygens (including phenoxy) is 1. The van der Waals surface area contributed by atoms with Crippen molar-refractivity contribution in [1.29, 1.82) is 0 Å². The fraction of sp³-hybridized carbons (Fsp3) is 0.143. The SMILES string of the molecule is Fc1cc(-c2cccc(Cl)c2)cc2c1OCC2. The molecule has 2 aromatic rings. The molecule has 0 radical (unpaired) electrons. The molecule has 0 saturated heterocycles. The molecule has 3 heteroatoms. The number of benzene rings is 2. The molecule has 0 aliphatic carbocycles. The summed E-state index contributed by atoms with van der Waals surface area (Å²) in [5, 5.41) is 0.652. The molecule has 1 heterocycles. The number of hydrogen-bond donors (Lipinski definition) is 0. The van der Waals surface area contributed by atoms with Gasteiger partial charge in [0.15, 0.2) is 11.6 Å². The van der Waals surface area contributed by atoms with E-state index in [1.807, 2.05) is 24.3 Å². The van der Waals surface area contributed by atoms with Crippen LogP contribution < -0.4 is 4.74 Å². The van der Waals surface area contributed by atoms with Gasteiger partial charge in [-0.25, -0.2) is 4.39 Å². The van der Waals surface area contributed by atoms with E-state index < -0.39 is 0 Å². The van der Waals surface area contributed by atoms with Gasteiger partial charge in [0.25, 0.3) is 0 Å².